The lowest BCUT2D eigenvalue weighted by atomic mass is 9.78. The van der Waals surface area contributed by atoms with Crippen LogP contribution in [0.5, 0.6) is 11.5 Å². The van der Waals surface area contributed by atoms with Crippen LogP contribution in [-0.4, -0.2) is 30.3 Å². The summed E-state index contributed by atoms with van der Waals surface area (Å²) < 4.78 is 16.6. The zero-order valence-electron chi connectivity index (χ0n) is 20.6. The Morgan fingerprint density at radius 1 is 0.857 bits per heavy atom. The average Bonchev–Trinajstić information content (AvgIpc) is 2.83. The van der Waals surface area contributed by atoms with Crippen molar-refractivity contribution in [3.05, 3.63) is 83.9 Å². The number of hydrogen-bond donors (Lipinski definition) is 1. The molecule has 0 aromatic heterocycles. The fourth-order valence-electron chi connectivity index (χ4n) is 4.34. The molecule has 0 saturated heterocycles. The van der Waals surface area contributed by atoms with Gasteiger partial charge in [-0.3, -0.25) is 0 Å². The Morgan fingerprint density at radius 2 is 1.51 bits per heavy atom. The fourth-order valence-corrected chi connectivity index (χ4v) is 4.34. The van der Waals surface area contributed by atoms with Crippen LogP contribution < -0.4 is 10.1 Å². The minimum Gasteiger partial charge on any atom is -0.467 e. The normalized spacial score (nSPS) is 17.1. The van der Waals surface area contributed by atoms with E-state index in [1.54, 1.807) is 20.8 Å². The molecule has 3 aromatic carbocycles. The highest BCUT2D eigenvalue weighted by atomic mass is 16.6. The molecule has 4 rings (SSSR count). The highest BCUT2D eigenvalue weighted by molar-refractivity contribution is 5.86. The fraction of sp³-hybridized carbons (Fsp3) is 0.310. The number of carbonyl (C=O) groups excluding carboxylic acids is 2. The predicted molar refractivity (Wildman–Crippen MR) is 135 cm³/mol. The largest absolute Gasteiger partial charge is 0.467 e. The van der Waals surface area contributed by atoms with Crippen molar-refractivity contribution >= 4 is 12.1 Å². The minimum absolute atomic E-state index is 0.290. The van der Waals surface area contributed by atoms with Crippen molar-refractivity contribution in [2.24, 2.45) is 0 Å². The Hall–Kier alpha value is -3.80. The Kier molecular flexibility index (Phi) is 6.83. The van der Waals surface area contributed by atoms with Gasteiger partial charge in [0.1, 0.15) is 22.6 Å². The molecule has 6 heteroatoms. The van der Waals surface area contributed by atoms with Gasteiger partial charge >= 0.3 is 12.1 Å². The van der Waals surface area contributed by atoms with Gasteiger partial charge in [0.2, 0.25) is 0 Å². The molecule has 0 aliphatic heterocycles. The standard InChI is InChI=1S/C29H31NO5/c1-28(2,3)35-27(32)30-29(26(31)33-4)17-16-22-12-15-25(18-23(22)19-29)34-24-13-10-21(11-14-24)20-8-6-5-7-9-20/h5-15,18H,16-17,19H2,1-4H3,(H,30,32). The van der Waals surface area contributed by atoms with Gasteiger partial charge in [-0.05, 0) is 80.1 Å². The zero-order chi connectivity index (χ0) is 25.1. The van der Waals surface area contributed by atoms with E-state index in [0.717, 1.165) is 22.3 Å². The number of benzene rings is 3. The summed E-state index contributed by atoms with van der Waals surface area (Å²) in [5.41, 5.74) is 2.42. The Labute approximate surface area is 206 Å². The van der Waals surface area contributed by atoms with Gasteiger partial charge in [-0.2, -0.15) is 0 Å². The molecule has 0 spiro atoms. The van der Waals surface area contributed by atoms with E-state index < -0.39 is 23.2 Å². The lowest BCUT2D eigenvalue weighted by Gasteiger charge is -2.36. The first-order valence-electron chi connectivity index (χ1n) is 11.7. The molecule has 0 fully saturated rings. The Morgan fingerprint density at radius 3 is 2.17 bits per heavy atom. The van der Waals surface area contributed by atoms with Gasteiger partial charge in [-0.1, -0.05) is 48.5 Å². The van der Waals surface area contributed by atoms with Crippen molar-refractivity contribution in [1.82, 2.24) is 5.32 Å². The summed E-state index contributed by atoms with van der Waals surface area (Å²) in [4.78, 5) is 25.3. The number of amides is 1. The molecule has 35 heavy (non-hydrogen) atoms. The highest BCUT2D eigenvalue weighted by Gasteiger charge is 2.44. The molecule has 0 bridgehead atoms. The summed E-state index contributed by atoms with van der Waals surface area (Å²) in [5, 5.41) is 2.79. The predicted octanol–water partition coefficient (Wildman–Crippen LogP) is 6.07. The second kappa shape index (κ2) is 9.82. The smallest absolute Gasteiger partial charge is 0.408 e. The van der Waals surface area contributed by atoms with Crippen LogP contribution in [0.3, 0.4) is 0 Å². The highest BCUT2D eigenvalue weighted by Crippen LogP contribution is 2.34. The van der Waals surface area contributed by atoms with Crippen LogP contribution in [0.15, 0.2) is 72.8 Å². The van der Waals surface area contributed by atoms with Crippen LogP contribution in [-0.2, 0) is 27.1 Å². The number of hydrogen-bond acceptors (Lipinski definition) is 5. The maximum absolute atomic E-state index is 12.8. The summed E-state index contributed by atoms with van der Waals surface area (Å²) in [5.74, 6) is 0.887. The van der Waals surface area contributed by atoms with Gasteiger partial charge in [0.05, 0.1) is 7.11 Å². The van der Waals surface area contributed by atoms with Crippen LogP contribution in [0, 0.1) is 0 Å². The van der Waals surface area contributed by atoms with Crippen molar-refractivity contribution < 1.29 is 23.8 Å². The third kappa shape index (κ3) is 5.83. The molecular weight excluding hydrogens is 442 g/mol. The summed E-state index contributed by atoms with van der Waals surface area (Å²) in [6.07, 6.45) is 0.690. The van der Waals surface area contributed by atoms with E-state index in [2.05, 4.69) is 17.4 Å². The average molecular weight is 474 g/mol. The molecule has 1 N–H and O–H groups in total. The van der Waals surface area contributed by atoms with Gasteiger partial charge in [-0.15, -0.1) is 0 Å². The first-order chi connectivity index (χ1) is 16.7. The van der Waals surface area contributed by atoms with Gasteiger partial charge in [0.25, 0.3) is 0 Å². The summed E-state index contributed by atoms with van der Waals surface area (Å²) in [6.45, 7) is 5.34. The number of esters is 1. The molecule has 182 valence electrons. The van der Waals surface area contributed by atoms with Crippen LogP contribution in [0.2, 0.25) is 0 Å². The summed E-state index contributed by atoms with van der Waals surface area (Å²) in [7, 11) is 1.33. The number of aryl methyl sites for hydroxylation is 1. The lowest BCUT2D eigenvalue weighted by molar-refractivity contribution is -0.149. The van der Waals surface area contributed by atoms with E-state index in [-0.39, 0.29) is 0 Å². The van der Waals surface area contributed by atoms with E-state index in [1.807, 2.05) is 60.7 Å². The summed E-state index contributed by atoms with van der Waals surface area (Å²) >= 11 is 0. The van der Waals surface area contributed by atoms with E-state index in [4.69, 9.17) is 14.2 Å². The van der Waals surface area contributed by atoms with E-state index in [0.29, 0.717) is 30.8 Å². The second-order valence-electron chi connectivity index (χ2n) is 9.80. The number of alkyl carbamates (subject to hydrolysis) is 1. The minimum atomic E-state index is -1.19. The molecule has 3 aromatic rings. The third-order valence-electron chi connectivity index (χ3n) is 6.00. The van der Waals surface area contributed by atoms with Crippen molar-refractivity contribution in [3.8, 4) is 22.6 Å². The number of methoxy groups -OCH3 is 1. The second-order valence-corrected chi connectivity index (χ2v) is 9.80. The van der Waals surface area contributed by atoms with Gasteiger partial charge in [0, 0.05) is 6.42 Å². The van der Waals surface area contributed by atoms with E-state index in [1.165, 1.54) is 7.11 Å². The quantitative estimate of drug-likeness (QED) is 0.455. The lowest BCUT2D eigenvalue weighted by Crippen LogP contribution is -2.59. The molecule has 0 radical (unpaired) electrons. The molecule has 1 atom stereocenters. The first-order valence-corrected chi connectivity index (χ1v) is 11.7. The molecule has 1 unspecified atom stereocenters. The van der Waals surface area contributed by atoms with Crippen molar-refractivity contribution in [3.63, 3.8) is 0 Å². The van der Waals surface area contributed by atoms with Crippen LogP contribution in [0.1, 0.15) is 38.3 Å². The number of fused-ring (bicyclic) bond motifs is 1. The van der Waals surface area contributed by atoms with E-state index >= 15 is 0 Å². The number of rotatable bonds is 5. The Balaban J connectivity index is 1.53. The number of nitrogens with one attached hydrogen (secondary N) is 1. The van der Waals surface area contributed by atoms with Crippen molar-refractivity contribution in [1.29, 1.82) is 0 Å². The van der Waals surface area contributed by atoms with Gasteiger partial charge < -0.3 is 19.5 Å². The monoisotopic (exact) mass is 473 g/mol. The molecule has 1 aliphatic rings. The van der Waals surface area contributed by atoms with E-state index in [9.17, 15) is 9.59 Å². The molecule has 0 saturated carbocycles. The molecule has 1 aliphatic carbocycles. The number of ether oxygens (including phenoxy) is 3. The van der Waals surface area contributed by atoms with Crippen LogP contribution >= 0.6 is 0 Å². The van der Waals surface area contributed by atoms with Crippen molar-refractivity contribution in [2.45, 2.75) is 51.2 Å². The third-order valence-corrected chi connectivity index (χ3v) is 6.00. The van der Waals surface area contributed by atoms with Crippen molar-refractivity contribution in [2.75, 3.05) is 7.11 Å². The van der Waals surface area contributed by atoms with Crippen LogP contribution in [0.25, 0.3) is 11.1 Å². The maximum Gasteiger partial charge on any atom is 0.408 e. The number of carbonyl (C=O) groups is 2. The first kappa shape index (κ1) is 24.3. The SMILES string of the molecule is COC(=O)C1(NC(=O)OC(C)(C)C)CCc2ccc(Oc3ccc(-c4ccccc4)cc3)cc2C1. The maximum atomic E-state index is 12.8. The van der Waals surface area contributed by atoms with Gasteiger partial charge in [0.15, 0.2) is 0 Å². The zero-order valence-corrected chi connectivity index (χ0v) is 20.6. The summed E-state index contributed by atoms with van der Waals surface area (Å²) in [6, 6.07) is 23.9. The van der Waals surface area contributed by atoms with Gasteiger partial charge in [-0.25, -0.2) is 9.59 Å². The molecule has 0 heterocycles. The molecule has 1 amide bonds. The topological polar surface area (TPSA) is 73.9 Å². The molecule has 6 nitrogen and oxygen atoms in total. The Bertz CT molecular complexity index is 1200. The molecular formula is C29H31NO5. The van der Waals surface area contributed by atoms with Crippen LogP contribution in [0.4, 0.5) is 4.79 Å².